The molecule has 1 aromatic rings. The van der Waals surface area contributed by atoms with E-state index in [9.17, 15) is 13.2 Å². The molecule has 0 aliphatic carbocycles. The van der Waals surface area contributed by atoms with Crippen LogP contribution in [0, 0.1) is 0 Å². The third kappa shape index (κ3) is 3.51. The van der Waals surface area contributed by atoms with Crippen LogP contribution in [0.1, 0.15) is 19.0 Å². The molecule has 1 saturated heterocycles. The number of nitrogens with one attached hydrogen (secondary N) is 1. The largest absolute Gasteiger partial charge is 0.390 e. The first-order valence-corrected chi connectivity index (χ1v) is 7.65. The second-order valence-corrected chi connectivity index (χ2v) is 7.20. The molecule has 9 heteroatoms. The molecule has 8 nitrogen and oxygen atoms in total. The summed E-state index contributed by atoms with van der Waals surface area (Å²) in [4.78, 5) is 11.8. The molecular formula is C10H16N4O4S. The van der Waals surface area contributed by atoms with E-state index in [-0.39, 0.29) is 30.6 Å². The number of amides is 1. The molecular weight excluding hydrogens is 272 g/mol. The zero-order valence-electron chi connectivity index (χ0n) is 10.5. The average Bonchev–Trinajstić information content (AvgIpc) is 2.83. The van der Waals surface area contributed by atoms with Gasteiger partial charge in [-0.3, -0.25) is 4.79 Å². The highest BCUT2D eigenvalue weighted by Gasteiger charge is 2.39. The van der Waals surface area contributed by atoms with Gasteiger partial charge in [0.2, 0.25) is 5.91 Å². The lowest BCUT2D eigenvalue weighted by Gasteiger charge is -2.23. The van der Waals surface area contributed by atoms with Crippen LogP contribution in [0.3, 0.4) is 0 Å². The predicted molar refractivity (Wildman–Crippen MR) is 65.8 cm³/mol. The number of aliphatic hydroxyl groups is 1. The van der Waals surface area contributed by atoms with Crippen LogP contribution in [0.4, 0.5) is 0 Å². The van der Waals surface area contributed by atoms with Crippen LogP contribution in [0.25, 0.3) is 0 Å². The van der Waals surface area contributed by atoms with Gasteiger partial charge in [-0.25, -0.2) is 13.1 Å². The van der Waals surface area contributed by atoms with E-state index in [4.69, 9.17) is 5.11 Å². The molecule has 0 bridgehead atoms. The summed E-state index contributed by atoms with van der Waals surface area (Å²) < 4.78 is 24.1. The minimum absolute atomic E-state index is 0.0367. The Morgan fingerprint density at radius 1 is 1.63 bits per heavy atom. The fourth-order valence-electron chi connectivity index (χ4n) is 2.12. The number of rotatable bonds is 4. The number of nitrogens with zero attached hydrogens (tertiary/aromatic N) is 3. The number of hydrogen-bond acceptors (Lipinski definition) is 6. The van der Waals surface area contributed by atoms with Gasteiger partial charge in [-0.1, -0.05) is 5.21 Å². The zero-order valence-corrected chi connectivity index (χ0v) is 11.4. The normalized spacial score (nSPS) is 25.4. The Morgan fingerprint density at radius 2 is 2.37 bits per heavy atom. The first kappa shape index (κ1) is 13.9. The van der Waals surface area contributed by atoms with Gasteiger partial charge in [-0.15, -0.1) is 5.10 Å². The number of sulfone groups is 1. The number of hydrogen-bond donors (Lipinski definition) is 2. The van der Waals surface area contributed by atoms with Crippen molar-refractivity contribution in [1.82, 2.24) is 20.3 Å². The number of aliphatic hydroxyl groups excluding tert-OH is 1. The van der Waals surface area contributed by atoms with Crippen LogP contribution in [-0.4, -0.2) is 51.5 Å². The predicted octanol–water partition coefficient (Wildman–Crippen LogP) is -1.54. The number of aromatic nitrogens is 3. The van der Waals surface area contributed by atoms with Gasteiger partial charge in [0.15, 0.2) is 9.84 Å². The van der Waals surface area contributed by atoms with E-state index >= 15 is 0 Å². The van der Waals surface area contributed by atoms with Gasteiger partial charge in [0.1, 0.15) is 12.2 Å². The monoisotopic (exact) mass is 288 g/mol. The molecule has 2 heterocycles. The fourth-order valence-corrected chi connectivity index (χ4v) is 4.21. The quantitative estimate of drug-likeness (QED) is 0.694. The highest BCUT2D eigenvalue weighted by atomic mass is 32.2. The molecule has 0 aromatic carbocycles. The molecule has 1 unspecified atom stereocenters. The Morgan fingerprint density at radius 3 is 2.89 bits per heavy atom. The maximum absolute atomic E-state index is 11.8. The van der Waals surface area contributed by atoms with Crippen LogP contribution in [0.2, 0.25) is 0 Å². The summed E-state index contributed by atoms with van der Waals surface area (Å²) in [5.41, 5.74) is -0.335. The van der Waals surface area contributed by atoms with Crippen molar-refractivity contribution in [3.63, 3.8) is 0 Å². The summed E-state index contributed by atoms with van der Waals surface area (Å²) in [7, 11) is -3.05. The average molecular weight is 288 g/mol. The van der Waals surface area contributed by atoms with E-state index in [1.807, 2.05) is 0 Å². The van der Waals surface area contributed by atoms with E-state index in [2.05, 4.69) is 15.6 Å². The van der Waals surface area contributed by atoms with E-state index in [0.717, 1.165) is 0 Å². The van der Waals surface area contributed by atoms with Crippen molar-refractivity contribution in [3.05, 3.63) is 11.9 Å². The Kier molecular flexibility index (Phi) is 3.59. The van der Waals surface area contributed by atoms with Crippen molar-refractivity contribution in [3.8, 4) is 0 Å². The van der Waals surface area contributed by atoms with Gasteiger partial charge in [0, 0.05) is 0 Å². The Bertz CT molecular complexity index is 582. The fraction of sp³-hybridized carbons (Fsp3) is 0.700. The standard InChI is InChI=1S/C10H16N4O4S/c1-10(2-3-19(17,18)7-10)11-9(16)5-14-4-8(6-15)12-13-14/h4,15H,2-3,5-7H2,1H3,(H,11,16). The molecule has 2 rings (SSSR count). The molecule has 0 radical (unpaired) electrons. The van der Waals surface area contributed by atoms with Crippen molar-refractivity contribution in [2.75, 3.05) is 11.5 Å². The highest BCUT2D eigenvalue weighted by molar-refractivity contribution is 7.91. The third-order valence-corrected chi connectivity index (χ3v) is 4.90. The summed E-state index contributed by atoms with van der Waals surface area (Å²) in [5.74, 6) is -0.263. The van der Waals surface area contributed by atoms with Crippen molar-refractivity contribution in [1.29, 1.82) is 0 Å². The first-order valence-electron chi connectivity index (χ1n) is 5.83. The maximum Gasteiger partial charge on any atom is 0.242 e. The molecule has 19 heavy (non-hydrogen) atoms. The minimum atomic E-state index is -3.05. The summed E-state index contributed by atoms with van der Waals surface area (Å²) in [6, 6.07) is 0. The van der Waals surface area contributed by atoms with E-state index in [0.29, 0.717) is 12.1 Å². The molecule has 1 amide bonds. The third-order valence-electron chi connectivity index (χ3n) is 3.00. The summed E-state index contributed by atoms with van der Waals surface area (Å²) in [6.07, 6.45) is 1.88. The summed E-state index contributed by atoms with van der Waals surface area (Å²) >= 11 is 0. The van der Waals surface area contributed by atoms with Crippen LogP contribution in [0.5, 0.6) is 0 Å². The van der Waals surface area contributed by atoms with Crippen LogP contribution >= 0.6 is 0 Å². The molecule has 1 aromatic heterocycles. The van der Waals surface area contributed by atoms with Crippen molar-refractivity contribution < 1.29 is 18.3 Å². The molecule has 0 spiro atoms. The molecule has 1 aliphatic heterocycles. The van der Waals surface area contributed by atoms with Crippen LogP contribution in [-0.2, 0) is 27.8 Å². The number of carbonyl (C=O) groups is 1. The Labute approximate surface area is 110 Å². The van der Waals surface area contributed by atoms with Gasteiger partial charge in [0.05, 0.1) is 29.8 Å². The van der Waals surface area contributed by atoms with E-state index < -0.39 is 15.4 Å². The molecule has 1 atom stereocenters. The second-order valence-electron chi connectivity index (χ2n) is 5.02. The molecule has 2 N–H and O–H groups in total. The maximum atomic E-state index is 11.8. The highest BCUT2D eigenvalue weighted by Crippen LogP contribution is 2.22. The van der Waals surface area contributed by atoms with Gasteiger partial charge < -0.3 is 10.4 Å². The van der Waals surface area contributed by atoms with Crippen molar-refractivity contribution >= 4 is 15.7 Å². The Balaban J connectivity index is 1.95. The zero-order chi connectivity index (χ0) is 14.1. The lowest BCUT2D eigenvalue weighted by Crippen LogP contribution is -2.48. The molecule has 1 aliphatic rings. The molecule has 0 saturated carbocycles. The second kappa shape index (κ2) is 4.89. The lowest BCUT2D eigenvalue weighted by molar-refractivity contribution is -0.123. The minimum Gasteiger partial charge on any atom is -0.390 e. The Hall–Kier alpha value is -1.48. The topological polar surface area (TPSA) is 114 Å². The lowest BCUT2D eigenvalue weighted by atomic mass is 10.0. The van der Waals surface area contributed by atoms with Crippen LogP contribution in [0.15, 0.2) is 6.20 Å². The van der Waals surface area contributed by atoms with Crippen molar-refractivity contribution in [2.45, 2.75) is 32.0 Å². The van der Waals surface area contributed by atoms with Gasteiger partial charge in [-0.2, -0.15) is 0 Å². The van der Waals surface area contributed by atoms with E-state index in [1.54, 1.807) is 6.92 Å². The van der Waals surface area contributed by atoms with Gasteiger partial charge >= 0.3 is 0 Å². The van der Waals surface area contributed by atoms with Crippen molar-refractivity contribution in [2.24, 2.45) is 0 Å². The van der Waals surface area contributed by atoms with Gasteiger partial charge in [-0.05, 0) is 13.3 Å². The molecule has 1 fully saturated rings. The smallest absolute Gasteiger partial charge is 0.242 e. The first-order chi connectivity index (χ1) is 8.82. The summed E-state index contributed by atoms with van der Waals surface area (Å²) in [6.45, 7) is 1.43. The SMILES string of the molecule is CC1(NC(=O)Cn2cc(CO)nn2)CCS(=O)(=O)C1. The van der Waals surface area contributed by atoms with Gasteiger partial charge in [0.25, 0.3) is 0 Å². The molecule has 106 valence electrons. The van der Waals surface area contributed by atoms with Crippen LogP contribution < -0.4 is 5.32 Å². The van der Waals surface area contributed by atoms with E-state index in [1.165, 1.54) is 10.9 Å². The summed E-state index contributed by atoms with van der Waals surface area (Å²) in [5, 5.41) is 18.9. The number of carbonyl (C=O) groups excluding carboxylic acids is 1.